The number of rotatable bonds is 2. The second kappa shape index (κ2) is 6.56. The minimum absolute atomic E-state index is 0.0313. The predicted molar refractivity (Wildman–Crippen MR) is 94.3 cm³/mol. The van der Waals surface area contributed by atoms with Crippen molar-refractivity contribution >= 4 is 46.2 Å². The fraction of sp³-hybridized carbons (Fsp3) is 0.0588. The Balaban J connectivity index is 2.00. The molecule has 3 rings (SSSR count). The summed E-state index contributed by atoms with van der Waals surface area (Å²) in [6.07, 6.45) is 3.55. The molecule has 0 saturated carbocycles. The highest BCUT2D eigenvalue weighted by Gasteiger charge is 2.31. The number of anilines is 1. The fourth-order valence-corrected chi connectivity index (χ4v) is 2.93. The van der Waals surface area contributed by atoms with Crippen LogP contribution in [0.3, 0.4) is 0 Å². The molecule has 0 aliphatic carbocycles. The lowest BCUT2D eigenvalue weighted by atomic mass is 10.2. The summed E-state index contributed by atoms with van der Waals surface area (Å²) in [6, 6.07) is 13.6. The van der Waals surface area contributed by atoms with Gasteiger partial charge in [-0.15, -0.1) is 0 Å². The lowest BCUT2D eigenvalue weighted by molar-refractivity contribution is -0.113. The molecule has 1 heterocycles. The molecule has 0 bridgehead atoms. The molecule has 1 amide bonds. The van der Waals surface area contributed by atoms with Crippen molar-refractivity contribution in [3.05, 3.63) is 70.6 Å². The van der Waals surface area contributed by atoms with Gasteiger partial charge in [-0.3, -0.25) is 9.69 Å². The van der Waals surface area contributed by atoms with Gasteiger partial charge < -0.3 is 0 Å². The third-order valence-electron chi connectivity index (χ3n) is 3.28. The maximum Gasteiger partial charge on any atom is 0.283 e. The van der Waals surface area contributed by atoms with Crippen LogP contribution in [-0.2, 0) is 4.79 Å². The summed E-state index contributed by atoms with van der Waals surface area (Å²) in [5.74, 6) is -0.786. The second-order valence-corrected chi connectivity index (χ2v) is 5.96. The van der Waals surface area contributed by atoms with E-state index in [2.05, 4.69) is 4.99 Å². The number of amides is 1. The molecule has 2 aromatic rings. The van der Waals surface area contributed by atoms with E-state index in [4.69, 9.17) is 11.6 Å². The summed E-state index contributed by atoms with van der Waals surface area (Å²) in [7, 11) is 0. The van der Waals surface area contributed by atoms with Crippen molar-refractivity contribution in [2.45, 2.75) is 0 Å². The smallest absolute Gasteiger partial charge is 0.266 e. The number of thioether (sulfide) groups is 1. The summed E-state index contributed by atoms with van der Waals surface area (Å²) in [4.78, 5) is 18.5. The summed E-state index contributed by atoms with van der Waals surface area (Å²) in [5, 5.41) is 0.496. The van der Waals surface area contributed by atoms with Crippen molar-refractivity contribution in [2.24, 2.45) is 4.99 Å². The van der Waals surface area contributed by atoms with Crippen LogP contribution in [0.2, 0.25) is 5.02 Å². The molecule has 0 fully saturated rings. The zero-order valence-corrected chi connectivity index (χ0v) is 13.7. The standard InChI is InChI=1S/C17H12ClFN2OS/c1-23-17-20-15(9-11-5-3-2-4-6-11)16(22)21(17)12-7-8-14(19)13(18)10-12/h2-10H,1H3/b15-9+. The first-order valence-corrected chi connectivity index (χ1v) is 8.39. The normalized spacial score (nSPS) is 16.1. The van der Waals surface area contributed by atoms with Gasteiger partial charge in [0.15, 0.2) is 5.17 Å². The van der Waals surface area contributed by atoms with Crippen molar-refractivity contribution in [3.8, 4) is 0 Å². The van der Waals surface area contributed by atoms with Gasteiger partial charge >= 0.3 is 0 Å². The first-order valence-electron chi connectivity index (χ1n) is 6.79. The van der Waals surface area contributed by atoms with Gasteiger partial charge in [0.05, 0.1) is 10.7 Å². The van der Waals surface area contributed by atoms with Crippen molar-refractivity contribution in [3.63, 3.8) is 0 Å². The average Bonchev–Trinajstić information content (AvgIpc) is 2.87. The Bertz CT molecular complexity index is 821. The quantitative estimate of drug-likeness (QED) is 0.745. The van der Waals surface area contributed by atoms with Crippen molar-refractivity contribution in [1.29, 1.82) is 0 Å². The van der Waals surface area contributed by atoms with Gasteiger partial charge in [-0.2, -0.15) is 0 Å². The van der Waals surface area contributed by atoms with Crippen molar-refractivity contribution in [2.75, 3.05) is 11.2 Å². The number of carbonyl (C=O) groups excluding carboxylic acids is 1. The number of carbonyl (C=O) groups is 1. The van der Waals surface area contributed by atoms with E-state index < -0.39 is 5.82 Å². The topological polar surface area (TPSA) is 32.7 Å². The van der Waals surface area contributed by atoms with Crippen LogP contribution in [0.15, 0.2) is 59.2 Å². The number of aliphatic imine (C=N–C) groups is 1. The molecule has 0 unspecified atom stereocenters. The van der Waals surface area contributed by atoms with Crippen LogP contribution in [-0.4, -0.2) is 17.3 Å². The summed E-state index contributed by atoms with van der Waals surface area (Å²) in [6.45, 7) is 0. The van der Waals surface area contributed by atoms with Crippen LogP contribution < -0.4 is 4.90 Å². The van der Waals surface area contributed by atoms with Gasteiger partial charge in [0, 0.05) is 0 Å². The number of benzene rings is 2. The van der Waals surface area contributed by atoms with E-state index in [0.29, 0.717) is 16.6 Å². The Morgan fingerprint density at radius 3 is 2.61 bits per heavy atom. The molecule has 116 valence electrons. The highest BCUT2D eigenvalue weighted by atomic mass is 35.5. The number of amidine groups is 1. The molecule has 6 heteroatoms. The molecule has 1 aliphatic heterocycles. The van der Waals surface area contributed by atoms with Crippen LogP contribution in [0.4, 0.5) is 10.1 Å². The monoisotopic (exact) mass is 346 g/mol. The zero-order chi connectivity index (χ0) is 16.4. The summed E-state index contributed by atoms with van der Waals surface area (Å²) >= 11 is 7.16. The predicted octanol–water partition coefficient (Wildman–Crippen LogP) is 4.59. The number of halogens is 2. The number of hydrogen-bond acceptors (Lipinski definition) is 3. The van der Waals surface area contributed by atoms with E-state index in [1.807, 2.05) is 36.6 Å². The molecule has 0 atom stereocenters. The highest BCUT2D eigenvalue weighted by Crippen LogP contribution is 2.30. The van der Waals surface area contributed by atoms with Crippen LogP contribution in [0.1, 0.15) is 5.56 Å². The summed E-state index contributed by atoms with van der Waals surface area (Å²) < 4.78 is 13.3. The first kappa shape index (κ1) is 15.8. The molecule has 3 nitrogen and oxygen atoms in total. The fourth-order valence-electron chi connectivity index (χ4n) is 2.19. The minimum Gasteiger partial charge on any atom is -0.266 e. The van der Waals surface area contributed by atoms with Gasteiger partial charge in [-0.1, -0.05) is 53.7 Å². The average molecular weight is 347 g/mol. The number of nitrogens with zero attached hydrogens (tertiary/aromatic N) is 2. The van der Waals surface area contributed by atoms with Crippen LogP contribution >= 0.6 is 23.4 Å². The highest BCUT2D eigenvalue weighted by molar-refractivity contribution is 8.13. The zero-order valence-electron chi connectivity index (χ0n) is 12.2. The van der Waals surface area contributed by atoms with E-state index in [-0.39, 0.29) is 10.9 Å². The van der Waals surface area contributed by atoms with Crippen molar-refractivity contribution < 1.29 is 9.18 Å². The first-order chi connectivity index (χ1) is 11.1. The largest absolute Gasteiger partial charge is 0.283 e. The Morgan fingerprint density at radius 1 is 1.22 bits per heavy atom. The Labute approximate surface area is 142 Å². The van der Waals surface area contributed by atoms with Gasteiger partial charge in [0.25, 0.3) is 5.91 Å². The maximum absolute atomic E-state index is 13.3. The molecular formula is C17H12ClFN2OS. The molecule has 1 aliphatic rings. The molecular weight excluding hydrogens is 335 g/mol. The van der Waals surface area contributed by atoms with E-state index in [9.17, 15) is 9.18 Å². The molecule has 0 spiro atoms. The van der Waals surface area contributed by atoms with E-state index in [1.165, 1.54) is 34.9 Å². The maximum atomic E-state index is 13.3. The third-order valence-corrected chi connectivity index (χ3v) is 4.21. The van der Waals surface area contributed by atoms with E-state index >= 15 is 0 Å². The van der Waals surface area contributed by atoms with Gasteiger partial charge in [-0.05, 0) is 36.1 Å². The van der Waals surface area contributed by atoms with Crippen LogP contribution in [0, 0.1) is 5.82 Å². The molecule has 23 heavy (non-hydrogen) atoms. The summed E-state index contributed by atoms with van der Waals surface area (Å²) in [5.41, 5.74) is 1.71. The number of hydrogen-bond donors (Lipinski definition) is 0. The Kier molecular flexibility index (Phi) is 4.50. The van der Waals surface area contributed by atoms with Gasteiger partial charge in [0.1, 0.15) is 11.5 Å². The van der Waals surface area contributed by atoms with Crippen LogP contribution in [0.25, 0.3) is 6.08 Å². The Hall–Kier alpha value is -2.11. The second-order valence-electron chi connectivity index (χ2n) is 4.78. The van der Waals surface area contributed by atoms with Crippen molar-refractivity contribution in [1.82, 2.24) is 0 Å². The van der Waals surface area contributed by atoms with E-state index in [1.54, 1.807) is 6.08 Å². The van der Waals surface area contributed by atoms with Gasteiger partial charge in [0.2, 0.25) is 0 Å². The Morgan fingerprint density at radius 2 is 1.96 bits per heavy atom. The molecule has 0 aromatic heterocycles. The molecule has 0 saturated heterocycles. The minimum atomic E-state index is -0.523. The molecule has 2 aromatic carbocycles. The lowest BCUT2D eigenvalue weighted by Gasteiger charge is -2.17. The third kappa shape index (κ3) is 3.16. The van der Waals surface area contributed by atoms with Gasteiger partial charge in [-0.25, -0.2) is 9.38 Å². The van der Waals surface area contributed by atoms with Crippen LogP contribution in [0.5, 0.6) is 0 Å². The lowest BCUT2D eigenvalue weighted by Crippen LogP contribution is -2.30. The SMILES string of the molecule is CSC1=N/C(=C/c2ccccc2)C(=O)N1c1ccc(F)c(Cl)c1. The molecule has 0 N–H and O–H groups in total. The van der Waals surface area contributed by atoms with E-state index in [0.717, 1.165) is 5.56 Å². The molecule has 0 radical (unpaired) electrons.